The van der Waals surface area contributed by atoms with Crippen molar-refractivity contribution in [2.24, 2.45) is 5.92 Å². The van der Waals surface area contributed by atoms with Crippen LogP contribution in [0.25, 0.3) is 0 Å². The van der Waals surface area contributed by atoms with E-state index in [1.165, 1.54) is 6.42 Å². The molecule has 0 aromatic carbocycles. The Balaban J connectivity index is 1.63. The van der Waals surface area contributed by atoms with Crippen molar-refractivity contribution in [2.45, 2.75) is 25.3 Å². The second kappa shape index (κ2) is 4.94. The first-order valence-corrected chi connectivity index (χ1v) is 5.83. The Kier molecular flexibility index (Phi) is 3.59. The molecule has 0 saturated carbocycles. The molecule has 0 bridgehead atoms. The van der Waals surface area contributed by atoms with E-state index in [0.29, 0.717) is 5.92 Å². The lowest BCUT2D eigenvalue weighted by molar-refractivity contribution is -0.128. The second-order valence-corrected chi connectivity index (χ2v) is 4.57. The molecule has 2 aliphatic rings. The van der Waals surface area contributed by atoms with Gasteiger partial charge in [0.05, 0.1) is 6.04 Å². The highest BCUT2D eigenvalue weighted by Gasteiger charge is 2.28. The molecule has 0 radical (unpaired) electrons. The van der Waals surface area contributed by atoms with Gasteiger partial charge in [0.2, 0.25) is 5.91 Å². The first-order chi connectivity index (χ1) is 7.27. The number of carbonyl (C=O) groups is 1. The molecule has 2 heterocycles. The maximum Gasteiger partial charge on any atom is 0.239 e. The molecule has 0 spiro atoms. The van der Waals surface area contributed by atoms with Crippen molar-refractivity contribution < 1.29 is 9.53 Å². The Labute approximate surface area is 91.0 Å². The van der Waals surface area contributed by atoms with Crippen LogP contribution in [0.3, 0.4) is 0 Å². The Morgan fingerprint density at radius 2 is 2.40 bits per heavy atom. The predicted molar refractivity (Wildman–Crippen MR) is 57.6 cm³/mol. The highest BCUT2D eigenvalue weighted by molar-refractivity contribution is 5.83. The minimum atomic E-state index is 0.0670. The van der Waals surface area contributed by atoms with Crippen LogP contribution in [0.1, 0.15) is 19.3 Å². The normalized spacial score (nSPS) is 31.5. The van der Waals surface area contributed by atoms with Crippen LogP contribution in [-0.4, -0.2) is 50.2 Å². The first kappa shape index (κ1) is 10.9. The van der Waals surface area contributed by atoms with Gasteiger partial charge >= 0.3 is 0 Å². The Bertz CT molecular complexity index is 227. The first-order valence-electron chi connectivity index (χ1n) is 5.83. The van der Waals surface area contributed by atoms with Crippen LogP contribution in [0.5, 0.6) is 0 Å². The monoisotopic (exact) mass is 212 g/mol. The van der Waals surface area contributed by atoms with Gasteiger partial charge < -0.3 is 15.0 Å². The van der Waals surface area contributed by atoms with Crippen LogP contribution in [0, 0.1) is 5.92 Å². The van der Waals surface area contributed by atoms with Gasteiger partial charge in [-0.3, -0.25) is 4.79 Å². The van der Waals surface area contributed by atoms with Gasteiger partial charge in [-0.25, -0.2) is 0 Å². The van der Waals surface area contributed by atoms with Gasteiger partial charge in [0.1, 0.15) is 0 Å². The summed E-state index contributed by atoms with van der Waals surface area (Å²) in [5.74, 6) is 0.949. The van der Waals surface area contributed by atoms with Gasteiger partial charge in [-0.1, -0.05) is 0 Å². The van der Waals surface area contributed by atoms with E-state index < -0.39 is 0 Å². The molecule has 2 aliphatic heterocycles. The smallest absolute Gasteiger partial charge is 0.239 e. The zero-order chi connectivity index (χ0) is 10.7. The summed E-state index contributed by atoms with van der Waals surface area (Å²) in [6.45, 7) is 3.65. The van der Waals surface area contributed by atoms with Crippen molar-refractivity contribution in [3.8, 4) is 0 Å². The van der Waals surface area contributed by atoms with E-state index in [1.807, 2.05) is 7.05 Å². The number of hydrogen-bond acceptors (Lipinski definition) is 3. The Morgan fingerprint density at radius 1 is 1.53 bits per heavy atom. The van der Waals surface area contributed by atoms with Crippen LogP contribution >= 0.6 is 0 Å². The van der Waals surface area contributed by atoms with Gasteiger partial charge in [-0.15, -0.1) is 0 Å². The zero-order valence-electron chi connectivity index (χ0n) is 9.37. The zero-order valence-corrected chi connectivity index (χ0v) is 9.37. The molecule has 2 atom stereocenters. The van der Waals surface area contributed by atoms with Crippen LogP contribution in [0.4, 0.5) is 0 Å². The molecule has 2 rings (SSSR count). The topological polar surface area (TPSA) is 41.6 Å². The summed E-state index contributed by atoms with van der Waals surface area (Å²) in [7, 11) is 1.87. The predicted octanol–water partition coefficient (Wildman–Crippen LogP) is 0.233. The molecule has 2 fully saturated rings. The van der Waals surface area contributed by atoms with Crippen molar-refractivity contribution >= 4 is 5.91 Å². The van der Waals surface area contributed by atoms with E-state index in [2.05, 4.69) is 5.32 Å². The van der Waals surface area contributed by atoms with Crippen molar-refractivity contribution in [2.75, 3.05) is 33.4 Å². The highest BCUT2D eigenvalue weighted by Crippen LogP contribution is 2.16. The standard InChI is InChI=1S/C11H20N2O2/c1-13-6-3-10(11(13)14)12-5-2-9-4-7-15-8-9/h9-10,12H,2-8H2,1H3. The maximum absolute atomic E-state index is 11.6. The highest BCUT2D eigenvalue weighted by atomic mass is 16.5. The minimum Gasteiger partial charge on any atom is -0.381 e. The second-order valence-electron chi connectivity index (χ2n) is 4.57. The molecular weight excluding hydrogens is 192 g/mol. The van der Waals surface area contributed by atoms with E-state index in [9.17, 15) is 4.79 Å². The number of nitrogens with one attached hydrogen (secondary N) is 1. The third-order valence-corrected chi connectivity index (χ3v) is 3.39. The van der Waals surface area contributed by atoms with Crippen LogP contribution in [0.15, 0.2) is 0 Å². The summed E-state index contributed by atoms with van der Waals surface area (Å²) in [6.07, 6.45) is 3.27. The average Bonchev–Trinajstić information content (AvgIpc) is 2.83. The Morgan fingerprint density at radius 3 is 3.00 bits per heavy atom. The fourth-order valence-electron chi connectivity index (χ4n) is 2.28. The van der Waals surface area contributed by atoms with E-state index in [1.54, 1.807) is 4.90 Å². The van der Waals surface area contributed by atoms with Crippen LogP contribution in [0.2, 0.25) is 0 Å². The molecule has 4 nitrogen and oxygen atoms in total. The van der Waals surface area contributed by atoms with Gasteiger partial charge in [0.25, 0.3) is 0 Å². The number of nitrogens with zero attached hydrogens (tertiary/aromatic N) is 1. The summed E-state index contributed by atoms with van der Waals surface area (Å²) in [5, 5.41) is 3.34. The van der Waals surface area contributed by atoms with Crippen LogP contribution < -0.4 is 5.32 Å². The quantitative estimate of drug-likeness (QED) is 0.725. The summed E-state index contributed by atoms with van der Waals surface area (Å²) in [6, 6.07) is 0.0670. The molecular formula is C11H20N2O2. The molecule has 1 amide bonds. The van der Waals surface area contributed by atoms with E-state index in [4.69, 9.17) is 4.74 Å². The average molecular weight is 212 g/mol. The number of ether oxygens (including phenoxy) is 1. The molecule has 15 heavy (non-hydrogen) atoms. The van der Waals surface area contributed by atoms with Gasteiger partial charge in [0, 0.05) is 26.8 Å². The summed E-state index contributed by atoms with van der Waals surface area (Å²) < 4.78 is 5.31. The summed E-state index contributed by atoms with van der Waals surface area (Å²) >= 11 is 0. The Hall–Kier alpha value is -0.610. The van der Waals surface area contributed by atoms with Crippen LogP contribution in [-0.2, 0) is 9.53 Å². The number of likely N-dealkylation sites (tertiary alicyclic amines) is 1. The van der Waals surface area contributed by atoms with E-state index in [-0.39, 0.29) is 11.9 Å². The van der Waals surface area contributed by atoms with E-state index >= 15 is 0 Å². The molecule has 0 aromatic heterocycles. The van der Waals surface area contributed by atoms with Crippen molar-refractivity contribution in [1.82, 2.24) is 10.2 Å². The maximum atomic E-state index is 11.6. The van der Waals surface area contributed by atoms with Gasteiger partial charge in [0.15, 0.2) is 0 Å². The number of amides is 1. The van der Waals surface area contributed by atoms with E-state index in [0.717, 1.165) is 39.1 Å². The molecule has 4 heteroatoms. The third kappa shape index (κ3) is 2.69. The number of rotatable bonds is 4. The largest absolute Gasteiger partial charge is 0.381 e. The number of hydrogen-bond donors (Lipinski definition) is 1. The molecule has 2 saturated heterocycles. The third-order valence-electron chi connectivity index (χ3n) is 3.39. The summed E-state index contributed by atoms with van der Waals surface area (Å²) in [4.78, 5) is 13.4. The fraction of sp³-hybridized carbons (Fsp3) is 0.909. The minimum absolute atomic E-state index is 0.0670. The van der Waals surface area contributed by atoms with Crippen molar-refractivity contribution in [3.05, 3.63) is 0 Å². The van der Waals surface area contributed by atoms with Gasteiger partial charge in [-0.2, -0.15) is 0 Å². The molecule has 1 N–H and O–H groups in total. The van der Waals surface area contributed by atoms with Crippen molar-refractivity contribution in [1.29, 1.82) is 0 Å². The molecule has 86 valence electrons. The van der Waals surface area contributed by atoms with Crippen molar-refractivity contribution in [3.63, 3.8) is 0 Å². The molecule has 2 unspecified atom stereocenters. The lowest BCUT2D eigenvalue weighted by atomic mass is 10.1. The fourth-order valence-corrected chi connectivity index (χ4v) is 2.28. The number of carbonyl (C=O) groups excluding carboxylic acids is 1. The number of likely N-dealkylation sites (N-methyl/N-ethyl adjacent to an activating group) is 1. The lowest BCUT2D eigenvalue weighted by Crippen LogP contribution is -2.37. The van der Waals surface area contributed by atoms with Gasteiger partial charge in [-0.05, 0) is 31.7 Å². The summed E-state index contributed by atoms with van der Waals surface area (Å²) in [5.41, 5.74) is 0. The SMILES string of the molecule is CN1CCC(NCCC2CCOC2)C1=O. The molecule has 0 aliphatic carbocycles. The molecule has 0 aromatic rings. The lowest BCUT2D eigenvalue weighted by Gasteiger charge is -2.13.